The Kier molecular flexibility index (Phi) is 5.50. The molecular weight excluding hydrogens is 380 g/mol. The molecule has 1 aliphatic heterocycles. The average molecular weight is 406 g/mol. The summed E-state index contributed by atoms with van der Waals surface area (Å²) in [5.41, 5.74) is 6.38. The maximum absolute atomic E-state index is 12.0. The molecule has 0 saturated carbocycles. The minimum Gasteiger partial charge on any atom is -0.478 e. The highest BCUT2D eigenvalue weighted by Gasteiger charge is 2.22. The Morgan fingerprint density at radius 3 is 2.57 bits per heavy atom. The highest BCUT2D eigenvalue weighted by Crippen LogP contribution is 2.32. The number of hydrogen-bond acceptors (Lipinski definition) is 4. The van der Waals surface area contributed by atoms with Gasteiger partial charge >= 0.3 is 5.97 Å². The molecule has 0 saturated heterocycles. The summed E-state index contributed by atoms with van der Waals surface area (Å²) in [6, 6.07) is 14.1. The normalized spacial score (nSPS) is 12.4. The van der Waals surface area contributed by atoms with Gasteiger partial charge < -0.3 is 24.5 Å². The van der Waals surface area contributed by atoms with Crippen molar-refractivity contribution in [1.29, 1.82) is 0 Å². The monoisotopic (exact) mass is 406 g/mol. The van der Waals surface area contributed by atoms with Gasteiger partial charge in [0, 0.05) is 36.6 Å². The van der Waals surface area contributed by atoms with Crippen LogP contribution in [0.4, 0.5) is 0 Å². The second-order valence-corrected chi connectivity index (χ2v) is 7.70. The number of aromatic carboxylic acids is 1. The van der Waals surface area contributed by atoms with E-state index < -0.39 is 5.97 Å². The summed E-state index contributed by atoms with van der Waals surface area (Å²) in [5, 5.41) is 13.2. The van der Waals surface area contributed by atoms with E-state index in [4.69, 9.17) is 9.47 Å². The number of benzene rings is 2. The molecule has 2 aromatic carbocycles. The molecule has 0 radical (unpaired) electrons. The zero-order chi connectivity index (χ0) is 21.3. The fourth-order valence-electron chi connectivity index (χ4n) is 4.06. The van der Waals surface area contributed by atoms with Crippen molar-refractivity contribution in [3.05, 3.63) is 81.7 Å². The Hall–Kier alpha value is -3.25. The SMILES string of the molecule is Cc1cccc(Cn2c(C)c(CNCc3ccc4c(c3)OCO4)c(C(=O)O)c2C)c1. The van der Waals surface area contributed by atoms with Crippen molar-refractivity contribution < 1.29 is 19.4 Å². The average Bonchev–Trinajstić information content (AvgIpc) is 3.26. The van der Waals surface area contributed by atoms with E-state index >= 15 is 0 Å². The summed E-state index contributed by atoms with van der Waals surface area (Å²) < 4.78 is 12.9. The molecule has 0 spiro atoms. The number of fused-ring (bicyclic) bond motifs is 1. The fourth-order valence-corrected chi connectivity index (χ4v) is 4.06. The molecule has 6 nitrogen and oxygen atoms in total. The van der Waals surface area contributed by atoms with Crippen LogP contribution in [-0.2, 0) is 19.6 Å². The van der Waals surface area contributed by atoms with Gasteiger partial charge in [-0.15, -0.1) is 0 Å². The number of carboxylic acids is 1. The molecule has 2 N–H and O–H groups in total. The van der Waals surface area contributed by atoms with Gasteiger partial charge in [0.05, 0.1) is 5.56 Å². The molecule has 0 aliphatic carbocycles. The van der Waals surface area contributed by atoms with E-state index in [0.29, 0.717) is 25.2 Å². The second kappa shape index (κ2) is 8.24. The minimum atomic E-state index is -0.890. The van der Waals surface area contributed by atoms with Crippen LogP contribution < -0.4 is 14.8 Å². The van der Waals surface area contributed by atoms with E-state index in [-0.39, 0.29) is 6.79 Å². The minimum absolute atomic E-state index is 0.251. The summed E-state index contributed by atoms with van der Waals surface area (Å²) in [6.07, 6.45) is 0. The van der Waals surface area contributed by atoms with Crippen molar-refractivity contribution in [2.75, 3.05) is 6.79 Å². The summed E-state index contributed by atoms with van der Waals surface area (Å²) >= 11 is 0. The molecule has 0 atom stereocenters. The van der Waals surface area contributed by atoms with Crippen molar-refractivity contribution in [3.8, 4) is 11.5 Å². The van der Waals surface area contributed by atoms with Crippen LogP contribution >= 0.6 is 0 Å². The van der Waals surface area contributed by atoms with Crippen LogP contribution in [0.15, 0.2) is 42.5 Å². The van der Waals surface area contributed by atoms with E-state index in [1.165, 1.54) is 5.56 Å². The maximum atomic E-state index is 12.0. The Morgan fingerprint density at radius 2 is 1.80 bits per heavy atom. The summed E-state index contributed by atoms with van der Waals surface area (Å²) in [6.45, 7) is 7.93. The molecule has 156 valence electrons. The van der Waals surface area contributed by atoms with Crippen LogP contribution in [0, 0.1) is 20.8 Å². The molecule has 0 fully saturated rings. The van der Waals surface area contributed by atoms with Crippen LogP contribution in [0.5, 0.6) is 11.5 Å². The van der Waals surface area contributed by atoms with Gasteiger partial charge in [-0.2, -0.15) is 0 Å². The number of hydrogen-bond donors (Lipinski definition) is 2. The lowest BCUT2D eigenvalue weighted by molar-refractivity contribution is 0.0694. The number of aryl methyl sites for hydroxylation is 1. The van der Waals surface area contributed by atoms with E-state index in [9.17, 15) is 9.90 Å². The molecule has 30 heavy (non-hydrogen) atoms. The van der Waals surface area contributed by atoms with Crippen molar-refractivity contribution >= 4 is 5.97 Å². The standard InChI is InChI=1S/C24H26N2O4/c1-15-5-4-6-19(9-15)13-26-16(2)20(23(17(26)3)24(27)28)12-25-11-18-7-8-21-22(10-18)30-14-29-21/h4-10,25H,11-14H2,1-3H3,(H,27,28). The van der Waals surface area contributed by atoms with E-state index in [1.54, 1.807) is 0 Å². The predicted octanol–water partition coefficient (Wildman–Crippen LogP) is 4.18. The molecule has 1 aromatic heterocycles. The van der Waals surface area contributed by atoms with Crippen molar-refractivity contribution in [2.45, 2.75) is 40.4 Å². The molecule has 3 aromatic rings. The molecule has 0 amide bonds. The smallest absolute Gasteiger partial charge is 0.337 e. The largest absolute Gasteiger partial charge is 0.478 e. The lowest BCUT2D eigenvalue weighted by atomic mass is 10.1. The summed E-state index contributed by atoms with van der Waals surface area (Å²) in [7, 11) is 0. The van der Waals surface area contributed by atoms with Gasteiger partial charge in [0.25, 0.3) is 0 Å². The number of carboxylic acid groups (broad SMARTS) is 1. The third-order valence-corrected chi connectivity index (χ3v) is 5.61. The van der Waals surface area contributed by atoms with Crippen molar-refractivity contribution in [1.82, 2.24) is 9.88 Å². The molecule has 1 aliphatic rings. The van der Waals surface area contributed by atoms with Gasteiger partial charge in [-0.25, -0.2) is 4.79 Å². The Labute approximate surface area is 176 Å². The Bertz CT molecular complexity index is 1100. The number of nitrogens with zero attached hydrogens (tertiary/aromatic N) is 1. The fraction of sp³-hybridized carbons (Fsp3) is 0.292. The van der Waals surface area contributed by atoms with Gasteiger partial charge in [-0.05, 0) is 44.0 Å². The van der Waals surface area contributed by atoms with E-state index in [1.807, 2.05) is 38.1 Å². The van der Waals surface area contributed by atoms with E-state index in [2.05, 4.69) is 35.0 Å². The highest BCUT2D eigenvalue weighted by molar-refractivity contribution is 5.91. The van der Waals surface area contributed by atoms with Crippen molar-refractivity contribution in [3.63, 3.8) is 0 Å². The number of ether oxygens (including phenoxy) is 2. The molecule has 2 heterocycles. The second-order valence-electron chi connectivity index (χ2n) is 7.70. The predicted molar refractivity (Wildman–Crippen MR) is 114 cm³/mol. The van der Waals surface area contributed by atoms with E-state index in [0.717, 1.165) is 39.6 Å². The van der Waals surface area contributed by atoms with Gasteiger partial charge in [-0.1, -0.05) is 35.9 Å². The Balaban J connectivity index is 1.54. The van der Waals surface area contributed by atoms with Gasteiger partial charge in [0.15, 0.2) is 11.5 Å². The molecular formula is C24H26N2O4. The van der Waals surface area contributed by atoms with Crippen LogP contribution in [0.3, 0.4) is 0 Å². The summed E-state index contributed by atoms with van der Waals surface area (Å²) in [5.74, 6) is 0.613. The van der Waals surface area contributed by atoms with Crippen LogP contribution in [0.1, 0.15) is 44.0 Å². The first-order chi connectivity index (χ1) is 14.4. The highest BCUT2D eigenvalue weighted by atomic mass is 16.7. The van der Waals surface area contributed by atoms with Crippen molar-refractivity contribution in [2.24, 2.45) is 0 Å². The molecule has 6 heteroatoms. The first kappa shape index (κ1) is 20.0. The van der Waals surface area contributed by atoms with Crippen LogP contribution in [-0.4, -0.2) is 22.4 Å². The topological polar surface area (TPSA) is 72.7 Å². The summed E-state index contributed by atoms with van der Waals surface area (Å²) in [4.78, 5) is 12.0. The molecule has 4 rings (SSSR count). The first-order valence-electron chi connectivity index (χ1n) is 10.0. The van der Waals surface area contributed by atoms with Gasteiger partial charge in [-0.3, -0.25) is 0 Å². The molecule has 0 bridgehead atoms. The lowest BCUT2D eigenvalue weighted by Crippen LogP contribution is -2.15. The molecule has 0 unspecified atom stereocenters. The number of nitrogens with one attached hydrogen (secondary N) is 1. The first-order valence-corrected chi connectivity index (χ1v) is 10.0. The van der Waals surface area contributed by atoms with Gasteiger partial charge in [0.2, 0.25) is 6.79 Å². The third kappa shape index (κ3) is 3.91. The number of aromatic nitrogens is 1. The zero-order valence-electron chi connectivity index (χ0n) is 17.5. The van der Waals surface area contributed by atoms with Crippen LogP contribution in [0.25, 0.3) is 0 Å². The maximum Gasteiger partial charge on any atom is 0.337 e. The Morgan fingerprint density at radius 1 is 1.00 bits per heavy atom. The van der Waals surface area contributed by atoms with Gasteiger partial charge in [0.1, 0.15) is 0 Å². The third-order valence-electron chi connectivity index (χ3n) is 5.61. The van der Waals surface area contributed by atoms with Crippen LogP contribution in [0.2, 0.25) is 0 Å². The number of carbonyl (C=O) groups is 1. The number of rotatable bonds is 7. The quantitative estimate of drug-likeness (QED) is 0.616. The lowest BCUT2D eigenvalue weighted by Gasteiger charge is -2.11. The zero-order valence-corrected chi connectivity index (χ0v) is 17.5.